The second kappa shape index (κ2) is 5.33. The van der Waals surface area contributed by atoms with Gasteiger partial charge in [0.1, 0.15) is 5.75 Å². The van der Waals surface area contributed by atoms with Crippen LogP contribution in [0.5, 0.6) is 11.6 Å². The van der Waals surface area contributed by atoms with Crippen LogP contribution in [0.15, 0.2) is 40.3 Å². The van der Waals surface area contributed by atoms with Crippen molar-refractivity contribution in [1.29, 1.82) is 0 Å². The van der Waals surface area contributed by atoms with E-state index in [0.717, 1.165) is 0 Å². The Balaban J connectivity index is 2.15. The van der Waals surface area contributed by atoms with E-state index in [2.05, 4.69) is 4.98 Å². The minimum absolute atomic E-state index is 0.192. The van der Waals surface area contributed by atoms with Gasteiger partial charge in [-0.2, -0.15) is 4.98 Å². The number of hydrogen-bond acceptors (Lipinski definition) is 5. The smallest absolute Gasteiger partial charge is 0.281 e. The lowest BCUT2D eigenvalue weighted by atomic mass is 10.3. The average molecular weight is 305 g/mol. The van der Waals surface area contributed by atoms with Crippen molar-refractivity contribution in [3.63, 3.8) is 0 Å². The summed E-state index contributed by atoms with van der Waals surface area (Å²) < 4.78 is 19.1. The van der Waals surface area contributed by atoms with Gasteiger partial charge in [0.05, 0.1) is 10.8 Å². The quantitative estimate of drug-likeness (QED) is 0.798. The predicted molar refractivity (Wildman–Crippen MR) is 80.6 cm³/mol. The molecule has 1 atom stereocenters. The lowest BCUT2D eigenvalue weighted by Gasteiger charge is -2.17. The molecule has 1 aliphatic rings. The number of nitrogens with zero attached hydrogens (tertiary/aromatic N) is 3. The van der Waals surface area contributed by atoms with E-state index in [1.165, 1.54) is 4.57 Å². The summed E-state index contributed by atoms with van der Waals surface area (Å²) in [6, 6.07) is 9.11. The Bertz CT molecular complexity index is 756. The van der Waals surface area contributed by atoms with Crippen LogP contribution in [0.4, 0.5) is 5.69 Å². The van der Waals surface area contributed by atoms with Crippen molar-refractivity contribution in [3.8, 4) is 11.6 Å². The fraction of sp³-hybridized carbons (Fsp3) is 0.286. The molecule has 3 rings (SSSR count). The first-order valence-electron chi connectivity index (χ1n) is 6.51. The zero-order valence-corrected chi connectivity index (χ0v) is 12.6. The number of rotatable bonds is 3. The summed E-state index contributed by atoms with van der Waals surface area (Å²) in [6.45, 7) is 0.431. The van der Waals surface area contributed by atoms with Crippen molar-refractivity contribution in [2.24, 2.45) is 0 Å². The van der Waals surface area contributed by atoms with Gasteiger partial charge in [0.15, 0.2) is 5.69 Å². The lowest BCUT2D eigenvalue weighted by Crippen LogP contribution is -2.28. The molecular formula is C14H15N3O3S. The topological polar surface area (TPSA) is 64.4 Å². The van der Waals surface area contributed by atoms with E-state index < -0.39 is 10.8 Å². The second-order valence-electron chi connectivity index (χ2n) is 4.86. The van der Waals surface area contributed by atoms with Crippen molar-refractivity contribution < 1.29 is 8.95 Å². The molecule has 1 aromatic heterocycles. The van der Waals surface area contributed by atoms with Crippen LogP contribution >= 0.6 is 0 Å². The van der Waals surface area contributed by atoms with E-state index in [9.17, 15) is 9.00 Å². The molecule has 7 heteroatoms. The Morgan fingerprint density at radius 3 is 2.67 bits per heavy atom. The molecule has 2 aromatic rings. The minimum Gasteiger partial charge on any atom is -0.437 e. The zero-order valence-electron chi connectivity index (χ0n) is 11.8. The maximum Gasteiger partial charge on any atom is 0.281 e. The molecule has 0 fully saturated rings. The van der Waals surface area contributed by atoms with Gasteiger partial charge in [-0.3, -0.25) is 13.6 Å². The summed E-state index contributed by atoms with van der Waals surface area (Å²) in [4.78, 5) is 18.5. The van der Waals surface area contributed by atoms with Crippen LogP contribution in [-0.2, 0) is 17.3 Å². The van der Waals surface area contributed by atoms with Crippen LogP contribution in [0, 0.1) is 0 Å². The largest absolute Gasteiger partial charge is 0.437 e. The molecule has 0 radical (unpaired) electrons. The number of anilines is 1. The molecule has 110 valence electrons. The van der Waals surface area contributed by atoms with Gasteiger partial charge in [-0.05, 0) is 12.1 Å². The van der Waals surface area contributed by atoms with Crippen LogP contribution < -0.4 is 15.2 Å². The molecule has 0 amide bonds. The fourth-order valence-corrected chi connectivity index (χ4v) is 3.33. The molecule has 1 aromatic carbocycles. The lowest BCUT2D eigenvalue weighted by molar-refractivity contribution is 0.446. The Morgan fingerprint density at radius 2 is 2.00 bits per heavy atom. The molecule has 0 aliphatic carbocycles. The van der Waals surface area contributed by atoms with Gasteiger partial charge < -0.3 is 9.64 Å². The molecule has 0 N–H and O–H groups in total. The third kappa shape index (κ3) is 2.44. The number of aromatic nitrogens is 2. The monoisotopic (exact) mass is 305 g/mol. The maximum absolute atomic E-state index is 12.5. The van der Waals surface area contributed by atoms with Crippen LogP contribution in [-0.4, -0.2) is 33.6 Å². The van der Waals surface area contributed by atoms with Crippen molar-refractivity contribution in [1.82, 2.24) is 9.55 Å². The first kappa shape index (κ1) is 13.8. The average Bonchev–Trinajstić information content (AvgIpc) is 2.82. The molecular weight excluding hydrogens is 290 g/mol. The second-order valence-corrected chi connectivity index (χ2v) is 6.33. The van der Waals surface area contributed by atoms with Gasteiger partial charge in [-0.1, -0.05) is 18.2 Å². The van der Waals surface area contributed by atoms with Gasteiger partial charge in [0, 0.05) is 26.4 Å². The number of ether oxygens (including phenoxy) is 1. The van der Waals surface area contributed by atoms with Crippen molar-refractivity contribution in [2.45, 2.75) is 11.7 Å². The Hall–Kier alpha value is -2.15. The van der Waals surface area contributed by atoms with E-state index in [0.29, 0.717) is 23.7 Å². The van der Waals surface area contributed by atoms with Crippen molar-refractivity contribution >= 4 is 16.5 Å². The van der Waals surface area contributed by atoms with Gasteiger partial charge in [0.25, 0.3) is 11.4 Å². The molecule has 1 aliphatic heterocycles. The molecule has 0 saturated carbocycles. The van der Waals surface area contributed by atoms with Crippen LogP contribution in [0.1, 0.15) is 0 Å². The number of benzene rings is 1. The molecule has 0 saturated heterocycles. The highest BCUT2D eigenvalue weighted by Crippen LogP contribution is 2.28. The summed E-state index contributed by atoms with van der Waals surface area (Å²) in [5, 5.41) is 0.288. The molecule has 0 bridgehead atoms. The standard InChI is InChI=1S/C14H15N3O3S/c1-16(2)11-12(20-10-6-4-3-5-7-10)15-14-17(13(11)18)8-9-21(14)19/h3-7H,8-9H2,1-2H3. The van der Waals surface area contributed by atoms with E-state index >= 15 is 0 Å². The Morgan fingerprint density at radius 1 is 1.29 bits per heavy atom. The third-order valence-electron chi connectivity index (χ3n) is 3.19. The summed E-state index contributed by atoms with van der Waals surface area (Å²) in [5.74, 6) is 1.20. The number of para-hydroxylation sites is 1. The molecule has 0 spiro atoms. The highest BCUT2D eigenvalue weighted by molar-refractivity contribution is 7.85. The molecule has 1 unspecified atom stereocenters. The molecule has 6 nitrogen and oxygen atoms in total. The highest BCUT2D eigenvalue weighted by Gasteiger charge is 2.27. The van der Waals surface area contributed by atoms with E-state index in [4.69, 9.17) is 4.74 Å². The van der Waals surface area contributed by atoms with Gasteiger partial charge >= 0.3 is 0 Å². The Labute approximate surface area is 124 Å². The number of hydrogen-bond donors (Lipinski definition) is 0. The summed E-state index contributed by atoms with van der Waals surface area (Å²) in [7, 11) is 2.27. The first-order valence-corrected chi connectivity index (χ1v) is 7.83. The molecule has 21 heavy (non-hydrogen) atoms. The normalized spacial score (nSPS) is 16.6. The van der Waals surface area contributed by atoms with E-state index in [1.807, 2.05) is 18.2 Å². The summed E-state index contributed by atoms with van der Waals surface area (Å²) in [5.41, 5.74) is 0.142. The van der Waals surface area contributed by atoms with Gasteiger partial charge in [0.2, 0.25) is 5.16 Å². The minimum atomic E-state index is -1.24. The van der Waals surface area contributed by atoms with Crippen LogP contribution in [0.25, 0.3) is 0 Å². The van der Waals surface area contributed by atoms with Gasteiger partial charge in [-0.15, -0.1) is 0 Å². The first-order chi connectivity index (χ1) is 10.1. The van der Waals surface area contributed by atoms with E-state index in [-0.39, 0.29) is 16.6 Å². The van der Waals surface area contributed by atoms with Crippen molar-refractivity contribution in [3.05, 3.63) is 40.7 Å². The summed E-state index contributed by atoms with van der Waals surface area (Å²) in [6.07, 6.45) is 0. The SMILES string of the molecule is CN(C)c1c(Oc2ccccc2)nc2n(c1=O)CCS2=O. The zero-order chi connectivity index (χ0) is 15.0. The fourth-order valence-electron chi connectivity index (χ4n) is 2.20. The molecule has 2 heterocycles. The van der Waals surface area contributed by atoms with Crippen LogP contribution in [0.2, 0.25) is 0 Å². The van der Waals surface area contributed by atoms with E-state index in [1.54, 1.807) is 31.1 Å². The summed E-state index contributed by atoms with van der Waals surface area (Å²) >= 11 is 0. The number of fused-ring (bicyclic) bond motifs is 1. The van der Waals surface area contributed by atoms with Crippen molar-refractivity contribution in [2.75, 3.05) is 24.7 Å². The highest BCUT2D eigenvalue weighted by atomic mass is 32.2. The maximum atomic E-state index is 12.5. The Kier molecular flexibility index (Phi) is 3.50. The predicted octanol–water partition coefficient (Wildman–Crippen LogP) is 1.22. The third-order valence-corrected chi connectivity index (χ3v) is 4.46. The van der Waals surface area contributed by atoms with Gasteiger partial charge in [-0.25, -0.2) is 0 Å². The van der Waals surface area contributed by atoms with Crippen LogP contribution in [0.3, 0.4) is 0 Å².